The average molecular weight is 268 g/mol. The molecule has 0 bridgehead atoms. The van der Waals surface area contributed by atoms with Crippen molar-refractivity contribution in [1.29, 1.82) is 0 Å². The SMILES string of the molecule is CNNc1ccc(N=Nc2ccc(C(C)=O)cc2)cc1. The van der Waals surface area contributed by atoms with Crippen molar-refractivity contribution < 1.29 is 4.79 Å². The number of benzene rings is 2. The van der Waals surface area contributed by atoms with Gasteiger partial charge in [0.25, 0.3) is 0 Å². The van der Waals surface area contributed by atoms with Crippen LogP contribution >= 0.6 is 0 Å². The summed E-state index contributed by atoms with van der Waals surface area (Å²) in [6, 6.07) is 14.6. The van der Waals surface area contributed by atoms with Gasteiger partial charge in [0.05, 0.1) is 11.4 Å². The molecule has 0 aromatic heterocycles. The van der Waals surface area contributed by atoms with Crippen molar-refractivity contribution in [2.45, 2.75) is 6.92 Å². The van der Waals surface area contributed by atoms with Gasteiger partial charge in [-0.3, -0.25) is 4.79 Å². The van der Waals surface area contributed by atoms with Crippen molar-refractivity contribution in [2.24, 2.45) is 10.2 Å². The fourth-order valence-electron chi connectivity index (χ4n) is 1.63. The molecular weight excluding hydrogens is 252 g/mol. The van der Waals surface area contributed by atoms with E-state index < -0.39 is 0 Å². The number of nitrogens with zero attached hydrogens (tertiary/aromatic N) is 2. The molecule has 20 heavy (non-hydrogen) atoms. The molecule has 0 aliphatic carbocycles. The zero-order valence-electron chi connectivity index (χ0n) is 11.4. The average Bonchev–Trinajstić information content (AvgIpc) is 2.47. The van der Waals surface area contributed by atoms with E-state index in [0.29, 0.717) is 11.3 Å². The van der Waals surface area contributed by atoms with Gasteiger partial charge in [-0.15, -0.1) is 0 Å². The molecule has 0 radical (unpaired) electrons. The highest BCUT2D eigenvalue weighted by atomic mass is 16.1. The number of hydrazine groups is 1. The van der Waals surface area contributed by atoms with Crippen molar-refractivity contribution in [3.8, 4) is 0 Å². The van der Waals surface area contributed by atoms with Gasteiger partial charge in [-0.1, -0.05) is 0 Å². The predicted octanol–water partition coefficient (Wildman–Crippen LogP) is 3.85. The monoisotopic (exact) mass is 268 g/mol. The summed E-state index contributed by atoms with van der Waals surface area (Å²) in [5, 5.41) is 8.27. The summed E-state index contributed by atoms with van der Waals surface area (Å²) in [4.78, 5) is 11.2. The smallest absolute Gasteiger partial charge is 0.159 e. The zero-order valence-corrected chi connectivity index (χ0v) is 11.4. The third-order valence-corrected chi connectivity index (χ3v) is 2.69. The maximum absolute atomic E-state index is 11.2. The Morgan fingerprint density at radius 1 is 0.900 bits per heavy atom. The molecule has 0 heterocycles. The minimum Gasteiger partial charge on any atom is -0.322 e. The van der Waals surface area contributed by atoms with Crippen LogP contribution in [-0.2, 0) is 0 Å². The van der Waals surface area contributed by atoms with E-state index in [1.165, 1.54) is 6.92 Å². The second-order valence-corrected chi connectivity index (χ2v) is 4.22. The number of carbonyl (C=O) groups excluding carboxylic acids is 1. The number of anilines is 1. The van der Waals surface area contributed by atoms with E-state index in [2.05, 4.69) is 21.1 Å². The highest BCUT2D eigenvalue weighted by molar-refractivity contribution is 5.94. The van der Waals surface area contributed by atoms with E-state index in [1.54, 1.807) is 31.3 Å². The first-order valence-corrected chi connectivity index (χ1v) is 6.24. The summed E-state index contributed by atoms with van der Waals surface area (Å²) in [6.07, 6.45) is 0. The summed E-state index contributed by atoms with van der Waals surface area (Å²) in [5.41, 5.74) is 8.92. The molecule has 0 aliphatic rings. The van der Waals surface area contributed by atoms with Crippen LogP contribution in [0.4, 0.5) is 17.1 Å². The van der Waals surface area contributed by atoms with Gasteiger partial charge in [0, 0.05) is 18.3 Å². The second-order valence-electron chi connectivity index (χ2n) is 4.22. The van der Waals surface area contributed by atoms with Gasteiger partial charge in [-0.2, -0.15) is 10.2 Å². The van der Waals surface area contributed by atoms with Crippen LogP contribution in [0, 0.1) is 0 Å². The highest BCUT2D eigenvalue weighted by Crippen LogP contribution is 2.20. The van der Waals surface area contributed by atoms with Crippen molar-refractivity contribution in [1.82, 2.24) is 5.43 Å². The minimum absolute atomic E-state index is 0.0427. The van der Waals surface area contributed by atoms with Gasteiger partial charge >= 0.3 is 0 Å². The van der Waals surface area contributed by atoms with Crippen LogP contribution in [0.3, 0.4) is 0 Å². The summed E-state index contributed by atoms with van der Waals surface area (Å²) < 4.78 is 0. The molecule has 0 aliphatic heterocycles. The quantitative estimate of drug-likeness (QED) is 0.491. The first kappa shape index (κ1) is 13.9. The van der Waals surface area contributed by atoms with Crippen LogP contribution in [0.5, 0.6) is 0 Å². The van der Waals surface area contributed by atoms with Crippen LogP contribution < -0.4 is 10.9 Å². The largest absolute Gasteiger partial charge is 0.322 e. The lowest BCUT2D eigenvalue weighted by Crippen LogP contribution is -2.14. The molecule has 0 spiro atoms. The molecule has 0 unspecified atom stereocenters. The molecule has 0 atom stereocenters. The summed E-state index contributed by atoms with van der Waals surface area (Å²) >= 11 is 0. The Morgan fingerprint density at radius 3 is 1.85 bits per heavy atom. The lowest BCUT2D eigenvalue weighted by Gasteiger charge is -2.02. The van der Waals surface area contributed by atoms with Gasteiger partial charge in [-0.05, 0) is 55.5 Å². The molecule has 2 aromatic carbocycles. The number of hydrogen-bond donors (Lipinski definition) is 2. The Balaban J connectivity index is 2.06. The van der Waals surface area contributed by atoms with Crippen LogP contribution in [0.15, 0.2) is 58.8 Å². The Bertz CT molecular complexity index is 603. The number of nitrogens with one attached hydrogen (secondary N) is 2. The van der Waals surface area contributed by atoms with Gasteiger partial charge in [-0.25, -0.2) is 5.43 Å². The van der Waals surface area contributed by atoms with Crippen LogP contribution in [0.25, 0.3) is 0 Å². The van der Waals surface area contributed by atoms with Gasteiger partial charge in [0.1, 0.15) is 0 Å². The number of rotatable bonds is 5. The molecule has 5 nitrogen and oxygen atoms in total. The maximum atomic E-state index is 11.2. The van der Waals surface area contributed by atoms with Gasteiger partial charge < -0.3 is 5.43 Å². The lowest BCUT2D eigenvalue weighted by molar-refractivity contribution is 0.101. The van der Waals surface area contributed by atoms with Crippen molar-refractivity contribution in [2.75, 3.05) is 12.5 Å². The van der Waals surface area contributed by atoms with Crippen molar-refractivity contribution in [3.63, 3.8) is 0 Å². The summed E-state index contributed by atoms with van der Waals surface area (Å²) in [5.74, 6) is 0.0427. The second kappa shape index (κ2) is 6.58. The molecular formula is C15H16N4O. The van der Waals surface area contributed by atoms with Crippen LogP contribution in [-0.4, -0.2) is 12.8 Å². The molecule has 2 aromatic rings. The van der Waals surface area contributed by atoms with Crippen LogP contribution in [0.1, 0.15) is 17.3 Å². The van der Waals surface area contributed by atoms with E-state index in [4.69, 9.17) is 0 Å². The topological polar surface area (TPSA) is 65.8 Å². The fraction of sp³-hybridized carbons (Fsp3) is 0.133. The zero-order chi connectivity index (χ0) is 14.4. The number of carbonyl (C=O) groups is 1. The van der Waals surface area contributed by atoms with E-state index >= 15 is 0 Å². The third-order valence-electron chi connectivity index (χ3n) is 2.69. The number of azo groups is 1. The standard InChI is InChI=1S/C15H16N4O/c1-11(20)12-3-5-14(6-4-12)18-19-15-9-7-13(8-10-15)17-16-2/h3-10,16-17H,1-2H3. The predicted molar refractivity (Wildman–Crippen MR) is 79.7 cm³/mol. The maximum Gasteiger partial charge on any atom is 0.159 e. The summed E-state index contributed by atoms with van der Waals surface area (Å²) in [7, 11) is 1.80. The van der Waals surface area contributed by atoms with E-state index in [0.717, 1.165) is 11.4 Å². The number of Topliss-reactive ketones (excluding diaryl/α,β-unsaturated/α-hetero) is 1. The number of hydrogen-bond acceptors (Lipinski definition) is 5. The van der Waals surface area contributed by atoms with E-state index in [1.807, 2.05) is 24.3 Å². The Hall–Kier alpha value is -2.53. The Labute approximate surface area is 117 Å². The van der Waals surface area contributed by atoms with E-state index in [-0.39, 0.29) is 5.78 Å². The molecule has 0 amide bonds. The first-order valence-electron chi connectivity index (χ1n) is 6.24. The Kier molecular flexibility index (Phi) is 4.57. The van der Waals surface area contributed by atoms with Gasteiger partial charge in [0.2, 0.25) is 0 Å². The molecule has 2 rings (SSSR count). The molecule has 0 saturated carbocycles. The highest BCUT2D eigenvalue weighted by Gasteiger charge is 1.98. The number of ketones is 1. The lowest BCUT2D eigenvalue weighted by atomic mass is 10.1. The van der Waals surface area contributed by atoms with E-state index in [9.17, 15) is 4.79 Å². The fourth-order valence-corrected chi connectivity index (χ4v) is 1.63. The molecule has 2 N–H and O–H groups in total. The van der Waals surface area contributed by atoms with Crippen molar-refractivity contribution in [3.05, 3.63) is 54.1 Å². The molecule has 0 fully saturated rings. The minimum atomic E-state index is 0.0427. The molecule has 0 saturated heterocycles. The molecule has 102 valence electrons. The molecule has 5 heteroatoms. The van der Waals surface area contributed by atoms with Crippen LogP contribution in [0.2, 0.25) is 0 Å². The normalized spacial score (nSPS) is 10.7. The Morgan fingerprint density at radius 2 is 1.40 bits per heavy atom. The third kappa shape index (κ3) is 3.73. The first-order chi connectivity index (χ1) is 9.69. The van der Waals surface area contributed by atoms with Gasteiger partial charge in [0.15, 0.2) is 5.78 Å². The summed E-state index contributed by atoms with van der Waals surface area (Å²) in [6.45, 7) is 1.54. The van der Waals surface area contributed by atoms with Crippen molar-refractivity contribution >= 4 is 22.8 Å².